The van der Waals surface area contributed by atoms with Gasteiger partial charge in [-0.2, -0.15) is 0 Å². The first kappa shape index (κ1) is 22.0. The van der Waals surface area contributed by atoms with Crippen molar-refractivity contribution in [3.63, 3.8) is 0 Å². The van der Waals surface area contributed by atoms with Crippen LogP contribution in [-0.2, 0) is 0 Å². The van der Waals surface area contributed by atoms with E-state index in [0.29, 0.717) is 17.9 Å². The molecule has 0 unspecified atom stereocenters. The predicted molar refractivity (Wildman–Crippen MR) is 141 cm³/mol. The lowest BCUT2D eigenvalue weighted by Gasteiger charge is -2.37. The molecule has 168 valence electrons. The topological polar surface area (TPSA) is 33.6 Å². The fraction of sp³-hybridized carbons (Fsp3) is 0.276. The van der Waals surface area contributed by atoms with Crippen molar-refractivity contribution in [2.45, 2.75) is 38.6 Å². The highest BCUT2D eigenvalue weighted by Crippen LogP contribution is 2.50. The van der Waals surface area contributed by atoms with Crippen LogP contribution in [0.2, 0.25) is 0 Å². The summed E-state index contributed by atoms with van der Waals surface area (Å²) in [4.78, 5) is 4.69. The van der Waals surface area contributed by atoms with Crippen LogP contribution in [-0.4, -0.2) is 12.8 Å². The summed E-state index contributed by atoms with van der Waals surface area (Å²) in [5, 5.41) is 3.82. The van der Waals surface area contributed by atoms with Gasteiger partial charge in [-0.25, -0.2) is 0 Å². The van der Waals surface area contributed by atoms with Crippen molar-refractivity contribution in [3.05, 3.63) is 99.5 Å². The van der Waals surface area contributed by atoms with Crippen molar-refractivity contribution in [1.29, 1.82) is 0 Å². The summed E-state index contributed by atoms with van der Waals surface area (Å²) in [6.45, 7) is 5.00. The summed E-state index contributed by atoms with van der Waals surface area (Å²) in [7, 11) is 0. The van der Waals surface area contributed by atoms with Gasteiger partial charge in [0.2, 0.25) is 0 Å². The molecule has 1 aliphatic heterocycles. The molecule has 3 aromatic carbocycles. The van der Waals surface area contributed by atoms with Crippen LogP contribution >= 0.6 is 15.9 Å². The monoisotopic (exact) mass is 500 g/mol. The molecule has 0 amide bonds. The maximum atomic E-state index is 5.73. The Morgan fingerprint density at radius 1 is 1.09 bits per heavy atom. The lowest BCUT2D eigenvalue weighted by molar-refractivity contribution is 0.315. The van der Waals surface area contributed by atoms with Crippen LogP contribution < -0.4 is 10.1 Å². The summed E-state index contributed by atoms with van der Waals surface area (Å²) in [6, 6.07) is 21.8. The Morgan fingerprint density at radius 3 is 2.73 bits per heavy atom. The largest absolute Gasteiger partial charge is 0.492 e. The van der Waals surface area contributed by atoms with Gasteiger partial charge in [0.15, 0.2) is 0 Å². The van der Waals surface area contributed by atoms with Crippen molar-refractivity contribution in [2.24, 2.45) is 10.9 Å². The SMILES string of the molecule is CCCOc1ccc(C=Nc2ccc([C@@H]3Nc4ccc(C)cc4[C@H]4C=CC[C@H]43)cc2)cc1Br. The Labute approximate surface area is 204 Å². The highest BCUT2D eigenvalue weighted by molar-refractivity contribution is 9.10. The summed E-state index contributed by atoms with van der Waals surface area (Å²) in [5.74, 6) is 1.92. The van der Waals surface area contributed by atoms with E-state index in [9.17, 15) is 0 Å². The molecule has 4 heteroatoms. The third-order valence-corrected chi connectivity index (χ3v) is 7.17. The summed E-state index contributed by atoms with van der Waals surface area (Å²) < 4.78 is 6.68. The van der Waals surface area contributed by atoms with Gasteiger partial charge in [-0.1, -0.05) is 48.9 Å². The van der Waals surface area contributed by atoms with Crippen molar-refractivity contribution in [3.8, 4) is 5.75 Å². The summed E-state index contributed by atoms with van der Waals surface area (Å²) in [6.07, 6.45) is 8.75. The summed E-state index contributed by atoms with van der Waals surface area (Å²) >= 11 is 3.60. The van der Waals surface area contributed by atoms with Crippen LogP contribution in [0.3, 0.4) is 0 Å². The number of aryl methyl sites for hydroxylation is 1. The molecule has 1 N–H and O–H groups in total. The fourth-order valence-electron chi connectivity index (χ4n) is 4.89. The second-order valence-corrected chi connectivity index (χ2v) is 9.81. The van der Waals surface area contributed by atoms with E-state index in [1.165, 1.54) is 22.4 Å². The Balaban J connectivity index is 1.32. The third-order valence-electron chi connectivity index (χ3n) is 6.55. The molecule has 0 bridgehead atoms. The molecular weight excluding hydrogens is 472 g/mol. The first-order valence-electron chi connectivity index (χ1n) is 11.7. The van der Waals surface area contributed by atoms with Gasteiger partial charge in [-0.05, 0) is 94.7 Å². The molecule has 0 fully saturated rings. The second-order valence-electron chi connectivity index (χ2n) is 8.95. The number of nitrogens with zero attached hydrogens (tertiary/aromatic N) is 1. The number of nitrogens with one attached hydrogen (secondary N) is 1. The lowest BCUT2D eigenvalue weighted by atomic mass is 9.76. The number of hydrogen-bond donors (Lipinski definition) is 1. The van der Waals surface area contributed by atoms with E-state index in [-0.39, 0.29) is 0 Å². The highest BCUT2D eigenvalue weighted by atomic mass is 79.9. The number of benzene rings is 3. The minimum Gasteiger partial charge on any atom is -0.492 e. The van der Waals surface area contributed by atoms with E-state index in [1.54, 1.807) is 0 Å². The van der Waals surface area contributed by atoms with Gasteiger partial charge in [-0.15, -0.1) is 0 Å². The van der Waals surface area contributed by atoms with Gasteiger partial charge in [0.25, 0.3) is 0 Å². The number of anilines is 1. The minimum absolute atomic E-state index is 0.310. The van der Waals surface area contributed by atoms with Gasteiger partial charge in [-0.3, -0.25) is 4.99 Å². The van der Waals surface area contributed by atoms with Crippen LogP contribution in [0.4, 0.5) is 11.4 Å². The van der Waals surface area contributed by atoms with Crippen LogP contribution in [0.15, 0.2) is 82.3 Å². The van der Waals surface area contributed by atoms with Crippen molar-refractivity contribution >= 4 is 33.5 Å². The van der Waals surface area contributed by atoms with Crippen LogP contribution in [0.5, 0.6) is 5.75 Å². The van der Waals surface area contributed by atoms with E-state index >= 15 is 0 Å². The van der Waals surface area contributed by atoms with Gasteiger partial charge in [0.1, 0.15) is 5.75 Å². The van der Waals surface area contributed by atoms with E-state index in [4.69, 9.17) is 4.74 Å². The van der Waals surface area contributed by atoms with Gasteiger partial charge in [0, 0.05) is 17.8 Å². The van der Waals surface area contributed by atoms with Crippen molar-refractivity contribution in [2.75, 3.05) is 11.9 Å². The fourth-order valence-corrected chi connectivity index (χ4v) is 5.40. The number of fused-ring (bicyclic) bond motifs is 3. The summed E-state index contributed by atoms with van der Waals surface area (Å²) in [5.41, 5.74) is 7.33. The highest BCUT2D eigenvalue weighted by Gasteiger charge is 2.37. The molecule has 33 heavy (non-hydrogen) atoms. The van der Waals surface area contributed by atoms with Gasteiger partial charge < -0.3 is 10.1 Å². The zero-order valence-corrected chi connectivity index (χ0v) is 20.7. The van der Waals surface area contributed by atoms with Crippen molar-refractivity contribution < 1.29 is 4.74 Å². The maximum absolute atomic E-state index is 5.73. The molecule has 1 aliphatic carbocycles. The Hall–Kier alpha value is -2.85. The Morgan fingerprint density at radius 2 is 1.94 bits per heavy atom. The van der Waals surface area contributed by atoms with E-state index < -0.39 is 0 Å². The number of hydrogen-bond acceptors (Lipinski definition) is 3. The van der Waals surface area contributed by atoms with E-state index in [1.807, 2.05) is 24.4 Å². The standard InChI is InChI=1S/C29H29BrN2O/c1-3-15-33-28-14-8-20(17-26(28)30)18-31-22-11-9-21(10-12-22)29-24-6-4-5-23(24)25-16-19(2)7-13-27(25)32-29/h4-5,7-14,16-18,23-24,29,32H,3,6,15H2,1-2H3/t23-,24+,29-/m0/s1. The average Bonchev–Trinajstić information content (AvgIpc) is 3.33. The lowest BCUT2D eigenvalue weighted by Crippen LogP contribution is -2.29. The maximum Gasteiger partial charge on any atom is 0.133 e. The van der Waals surface area contributed by atoms with Crippen molar-refractivity contribution in [1.82, 2.24) is 0 Å². The molecule has 3 aromatic rings. The number of ether oxygens (including phenoxy) is 1. The average molecular weight is 501 g/mol. The first-order valence-corrected chi connectivity index (χ1v) is 12.5. The smallest absolute Gasteiger partial charge is 0.133 e. The molecule has 0 radical (unpaired) electrons. The quantitative estimate of drug-likeness (QED) is 0.273. The van der Waals surface area contributed by atoms with Crippen LogP contribution in [0.25, 0.3) is 0 Å². The van der Waals surface area contributed by atoms with Gasteiger partial charge in [0.05, 0.1) is 22.8 Å². The third kappa shape index (κ3) is 4.63. The van der Waals surface area contributed by atoms with Gasteiger partial charge >= 0.3 is 0 Å². The number of aliphatic imine (C=N–C) groups is 1. The number of rotatable bonds is 6. The molecule has 0 aromatic heterocycles. The predicted octanol–water partition coefficient (Wildman–Crippen LogP) is 8.12. The van der Waals surface area contributed by atoms with E-state index in [0.717, 1.165) is 40.9 Å². The zero-order valence-electron chi connectivity index (χ0n) is 19.1. The molecule has 3 nitrogen and oxygen atoms in total. The minimum atomic E-state index is 0.310. The number of allylic oxidation sites excluding steroid dienone is 2. The molecule has 0 saturated heterocycles. The zero-order chi connectivity index (χ0) is 22.8. The van der Waals surface area contributed by atoms with Crippen LogP contribution in [0.1, 0.15) is 54.0 Å². The molecule has 0 saturated carbocycles. The second kappa shape index (κ2) is 9.56. The van der Waals surface area contributed by atoms with E-state index in [2.05, 4.69) is 94.7 Å². The Bertz CT molecular complexity index is 1200. The first-order chi connectivity index (χ1) is 16.1. The molecule has 2 aliphatic rings. The Kier molecular flexibility index (Phi) is 6.37. The number of halogens is 1. The molecule has 1 heterocycles. The molecule has 3 atom stereocenters. The molecule has 0 spiro atoms. The molecular formula is C29H29BrN2O. The molecule has 5 rings (SSSR count). The normalized spacial score (nSPS) is 21.0. The van der Waals surface area contributed by atoms with Crippen LogP contribution in [0, 0.1) is 12.8 Å².